The quantitative estimate of drug-likeness (QED) is 0.794. The van der Waals surface area contributed by atoms with E-state index < -0.39 is 15.6 Å². The third-order valence-electron chi connectivity index (χ3n) is 3.26. The van der Waals surface area contributed by atoms with Crippen molar-refractivity contribution in [3.05, 3.63) is 24.0 Å². The lowest BCUT2D eigenvalue weighted by Crippen LogP contribution is -2.54. The summed E-state index contributed by atoms with van der Waals surface area (Å²) in [6, 6.07) is 4.48. The molecule has 1 aromatic rings. The van der Waals surface area contributed by atoms with Gasteiger partial charge in [-0.25, -0.2) is 18.1 Å². The van der Waals surface area contributed by atoms with Gasteiger partial charge in [0.25, 0.3) is 0 Å². The number of sulfonamides is 1. The van der Waals surface area contributed by atoms with Gasteiger partial charge in [0.2, 0.25) is 10.0 Å². The van der Waals surface area contributed by atoms with E-state index in [1.165, 1.54) is 12.1 Å². The van der Waals surface area contributed by atoms with Gasteiger partial charge in [0.1, 0.15) is 16.7 Å². The molecular formula is C12H15N3O4S. The maximum atomic E-state index is 12.3. The first-order chi connectivity index (χ1) is 9.51. The van der Waals surface area contributed by atoms with Crippen molar-refractivity contribution in [1.29, 1.82) is 5.26 Å². The standard InChI is InChI=1S/C12H15N3O4S/c13-7-10-1-2-11(8-14-10)20(17,18)15-12(9-16)3-5-19-6-4-12/h1-2,8,15-16H,3-6,9H2. The summed E-state index contributed by atoms with van der Waals surface area (Å²) in [7, 11) is -3.79. The smallest absolute Gasteiger partial charge is 0.242 e. The zero-order chi connectivity index (χ0) is 14.6. The summed E-state index contributed by atoms with van der Waals surface area (Å²) in [6.45, 7) is 0.503. The SMILES string of the molecule is N#Cc1ccc(S(=O)(=O)NC2(CO)CCOCC2)cn1. The highest BCUT2D eigenvalue weighted by molar-refractivity contribution is 7.89. The van der Waals surface area contributed by atoms with Crippen molar-refractivity contribution in [3.63, 3.8) is 0 Å². The lowest BCUT2D eigenvalue weighted by molar-refractivity contribution is 0.0223. The van der Waals surface area contributed by atoms with Crippen LogP contribution < -0.4 is 4.72 Å². The third kappa shape index (κ3) is 3.13. The van der Waals surface area contributed by atoms with Gasteiger partial charge >= 0.3 is 0 Å². The van der Waals surface area contributed by atoms with E-state index in [2.05, 4.69) is 9.71 Å². The summed E-state index contributed by atoms with van der Waals surface area (Å²) in [5.74, 6) is 0. The summed E-state index contributed by atoms with van der Waals surface area (Å²) < 4.78 is 32.3. The predicted octanol–water partition coefficient (Wildman–Crippen LogP) is -0.227. The fraction of sp³-hybridized carbons (Fsp3) is 0.500. The molecule has 1 fully saturated rings. The summed E-state index contributed by atoms with van der Waals surface area (Å²) in [4.78, 5) is 3.71. The first-order valence-electron chi connectivity index (χ1n) is 6.10. The first kappa shape index (κ1) is 14.9. The minimum Gasteiger partial charge on any atom is -0.394 e. The number of ether oxygens (including phenoxy) is 1. The van der Waals surface area contributed by atoms with Gasteiger partial charge in [0.05, 0.1) is 12.1 Å². The van der Waals surface area contributed by atoms with Gasteiger partial charge < -0.3 is 9.84 Å². The van der Waals surface area contributed by atoms with Crippen molar-refractivity contribution < 1.29 is 18.3 Å². The Hall–Kier alpha value is -1.53. The molecule has 0 aliphatic carbocycles. The van der Waals surface area contributed by atoms with Crippen LogP contribution in [0.4, 0.5) is 0 Å². The van der Waals surface area contributed by atoms with E-state index in [9.17, 15) is 13.5 Å². The van der Waals surface area contributed by atoms with Crippen LogP contribution in [-0.2, 0) is 14.8 Å². The molecule has 0 radical (unpaired) electrons. The molecule has 2 heterocycles. The first-order valence-corrected chi connectivity index (χ1v) is 7.58. The number of aromatic nitrogens is 1. The molecular weight excluding hydrogens is 282 g/mol. The van der Waals surface area contributed by atoms with Gasteiger partial charge in [-0.1, -0.05) is 0 Å². The predicted molar refractivity (Wildman–Crippen MR) is 69.1 cm³/mol. The molecule has 0 aromatic carbocycles. The van der Waals surface area contributed by atoms with E-state index in [0.29, 0.717) is 26.1 Å². The molecule has 8 heteroatoms. The number of hydrogen-bond donors (Lipinski definition) is 2. The van der Waals surface area contributed by atoms with Crippen LogP contribution in [0.15, 0.2) is 23.2 Å². The number of pyridine rings is 1. The Morgan fingerprint density at radius 2 is 2.15 bits per heavy atom. The molecule has 0 unspecified atom stereocenters. The van der Waals surface area contributed by atoms with Crippen molar-refractivity contribution in [2.45, 2.75) is 23.3 Å². The number of nitrogens with zero attached hydrogens (tertiary/aromatic N) is 2. The Labute approximate surface area is 117 Å². The molecule has 108 valence electrons. The van der Waals surface area contributed by atoms with Crippen molar-refractivity contribution in [2.24, 2.45) is 0 Å². The molecule has 1 saturated heterocycles. The molecule has 1 aliphatic rings. The van der Waals surface area contributed by atoms with Crippen LogP contribution in [0.5, 0.6) is 0 Å². The van der Waals surface area contributed by atoms with Gasteiger partial charge in [-0.2, -0.15) is 5.26 Å². The highest BCUT2D eigenvalue weighted by Gasteiger charge is 2.36. The molecule has 0 amide bonds. The summed E-state index contributed by atoms with van der Waals surface area (Å²) in [6.07, 6.45) is 1.95. The van der Waals surface area contributed by atoms with Crippen LogP contribution in [0.3, 0.4) is 0 Å². The van der Waals surface area contributed by atoms with Crippen molar-refractivity contribution in [2.75, 3.05) is 19.8 Å². The molecule has 2 N–H and O–H groups in total. The summed E-state index contributed by atoms with van der Waals surface area (Å²) in [5, 5.41) is 18.1. The number of nitriles is 1. The lowest BCUT2D eigenvalue weighted by Gasteiger charge is -2.35. The van der Waals surface area contributed by atoms with E-state index in [1.807, 2.05) is 6.07 Å². The van der Waals surface area contributed by atoms with Crippen LogP contribution in [-0.4, -0.2) is 43.9 Å². The molecule has 0 bridgehead atoms. The molecule has 1 aliphatic heterocycles. The maximum absolute atomic E-state index is 12.3. The van der Waals surface area contributed by atoms with Crippen molar-refractivity contribution in [3.8, 4) is 6.07 Å². The number of hydrogen-bond acceptors (Lipinski definition) is 6. The topological polar surface area (TPSA) is 112 Å². The molecule has 20 heavy (non-hydrogen) atoms. The second-order valence-electron chi connectivity index (χ2n) is 4.65. The Bertz CT molecular complexity index is 601. The van der Waals surface area contributed by atoms with Gasteiger partial charge in [-0.15, -0.1) is 0 Å². The van der Waals surface area contributed by atoms with Crippen LogP contribution in [0.25, 0.3) is 0 Å². The normalized spacial score (nSPS) is 18.4. The molecule has 0 spiro atoms. The van der Waals surface area contributed by atoms with Crippen LogP contribution in [0.1, 0.15) is 18.5 Å². The van der Waals surface area contributed by atoms with Gasteiger partial charge in [0.15, 0.2) is 0 Å². The largest absolute Gasteiger partial charge is 0.394 e. The Kier molecular flexibility index (Phi) is 4.35. The van der Waals surface area contributed by atoms with Crippen LogP contribution in [0.2, 0.25) is 0 Å². The van der Waals surface area contributed by atoms with E-state index in [-0.39, 0.29) is 17.2 Å². The van der Waals surface area contributed by atoms with Crippen LogP contribution >= 0.6 is 0 Å². The Balaban J connectivity index is 2.23. The van der Waals surface area contributed by atoms with E-state index in [4.69, 9.17) is 10.00 Å². The lowest BCUT2D eigenvalue weighted by atomic mass is 9.93. The molecule has 0 atom stereocenters. The van der Waals surface area contributed by atoms with Gasteiger partial charge in [-0.3, -0.25) is 0 Å². The zero-order valence-corrected chi connectivity index (χ0v) is 11.6. The van der Waals surface area contributed by atoms with E-state index in [1.54, 1.807) is 0 Å². The summed E-state index contributed by atoms with van der Waals surface area (Å²) in [5.41, 5.74) is -0.753. The minimum atomic E-state index is -3.79. The highest BCUT2D eigenvalue weighted by atomic mass is 32.2. The average molecular weight is 297 g/mol. The number of aliphatic hydroxyl groups is 1. The summed E-state index contributed by atoms with van der Waals surface area (Å²) >= 11 is 0. The third-order valence-corrected chi connectivity index (χ3v) is 4.83. The molecule has 0 saturated carbocycles. The van der Waals surface area contributed by atoms with E-state index in [0.717, 1.165) is 6.20 Å². The monoisotopic (exact) mass is 297 g/mol. The fourth-order valence-corrected chi connectivity index (χ4v) is 3.40. The number of rotatable bonds is 4. The van der Waals surface area contributed by atoms with E-state index >= 15 is 0 Å². The molecule has 1 aromatic heterocycles. The average Bonchev–Trinajstić information content (AvgIpc) is 2.48. The fourth-order valence-electron chi connectivity index (χ4n) is 2.00. The number of aliphatic hydroxyl groups excluding tert-OH is 1. The highest BCUT2D eigenvalue weighted by Crippen LogP contribution is 2.23. The number of nitrogens with one attached hydrogen (secondary N) is 1. The minimum absolute atomic E-state index is 0.0317. The molecule has 7 nitrogen and oxygen atoms in total. The van der Waals surface area contributed by atoms with Crippen molar-refractivity contribution in [1.82, 2.24) is 9.71 Å². The maximum Gasteiger partial charge on any atom is 0.242 e. The molecule has 2 rings (SSSR count). The second-order valence-corrected chi connectivity index (χ2v) is 6.33. The zero-order valence-electron chi connectivity index (χ0n) is 10.7. The Morgan fingerprint density at radius 3 is 2.65 bits per heavy atom. The Morgan fingerprint density at radius 1 is 1.45 bits per heavy atom. The van der Waals surface area contributed by atoms with Gasteiger partial charge in [-0.05, 0) is 25.0 Å². The second kappa shape index (κ2) is 5.85. The van der Waals surface area contributed by atoms with Crippen molar-refractivity contribution >= 4 is 10.0 Å². The van der Waals surface area contributed by atoms with Gasteiger partial charge in [0, 0.05) is 19.4 Å². The van der Waals surface area contributed by atoms with Crippen LogP contribution in [0, 0.1) is 11.3 Å².